The van der Waals surface area contributed by atoms with E-state index >= 15 is 0 Å². The summed E-state index contributed by atoms with van der Waals surface area (Å²) in [4.78, 5) is 0. The SMILES string of the molecule is Cc1ccc([B-](c2ccc(C)cc2C)(c2ccc(C)cc2C)c2ccc(C)cc2C)c(C)c1.Cc1ccc([B-](c2ccc(C)cc2C)(c2ccc(C)cc2C)c2ccc(C)cc2C)c(C)c1.[Ca+2]. The number of aryl methyl sites for hydroxylation is 16. The molecule has 0 aromatic heterocycles. The summed E-state index contributed by atoms with van der Waals surface area (Å²) in [5, 5.41) is 0. The molecular formula is C64H72B2Ca. The molecule has 0 aliphatic rings. The summed E-state index contributed by atoms with van der Waals surface area (Å²) >= 11 is 0. The number of hydrogen-bond donors (Lipinski definition) is 0. The second-order valence-corrected chi connectivity index (χ2v) is 20.6. The summed E-state index contributed by atoms with van der Waals surface area (Å²) in [5.41, 5.74) is 32.7. The van der Waals surface area contributed by atoms with E-state index in [4.69, 9.17) is 0 Å². The Morgan fingerprint density at radius 1 is 0.179 bits per heavy atom. The van der Waals surface area contributed by atoms with Crippen LogP contribution < -0.4 is 43.7 Å². The van der Waals surface area contributed by atoms with Crippen molar-refractivity contribution in [1.29, 1.82) is 0 Å². The Labute approximate surface area is 435 Å². The zero-order valence-corrected chi connectivity index (χ0v) is 45.9. The first-order valence-corrected chi connectivity index (χ1v) is 24.2. The van der Waals surface area contributed by atoms with Crippen molar-refractivity contribution in [3.8, 4) is 0 Å². The van der Waals surface area contributed by atoms with Gasteiger partial charge in [-0.15, -0.1) is 0 Å². The van der Waals surface area contributed by atoms with Crippen LogP contribution in [0.1, 0.15) is 89.0 Å². The third-order valence-corrected chi connectivity index (χ3v) is 15.1. The van der Waals surface area contributed by atoms with Crippen molar-refractivity contribution in [3.05, 3.63) is 235 Å². The third kappa shape index (κ3) is 9.88. The van der Waals surface area contributed by atoms with Crippen molar-refractivity contribution in [2.75, 3.05) is 0 Å². The van der Waals surface area contributed by atoms with Gasteiger partial charge in [0.1, 0.15) is 12.3 Å². The van der Waals surface area contributed by atoms with E-state index in [1.54, 1.807) is 0 Å². The molecule has 8 aromatic carbocycles. The normalized spacial score (nSPS) is 11.5. The van der Waals surface area contributed by atoms with Crippen LogP contribution in [0, 0.1) is 111 Å². The first kappa shape index (κ1) is 51.5. The van der Waals surface area contributed by atoms with Gasteiger partial charge in [-0.2, -0.15) is 43.7 Å². The van der Waals surface area contributed by atoms with Crippen LogP contribution in [0.5, 0.6) is 0 Å². The van der Waals surface area contributed by atoms with Crippen LogP contribution in [0.15, 0.2) is 146 Å². The first-order valence-electron chi connectivity index (χ1n) is 24.2. The molecular weight excluding hydrogens is 830 g/mol. The van der Waals surface area contributed by atoms with Gasteiger partial charge in [0, 0.05) is 0 Å². The summed E-state index contributed by atoms with van der Waals surface area (Å²) in [6.45, 7) is 35.8. The van der Waals surface area contributed by atoms with Gasteiger partial charge < -0.3 is 0 Å². The van der Waals surface area contributed by atoms with Gasteiger partial charge in [-0.3, -0.25) is 0 Å². The quantitative estimate of drug-likeness (QED) is 0.133. The van der Waals surface area contributed by atoms with E-state index in [0.29, 0.717) is 0 Å². The van der Waals surface area contributed by atoms with Crippen LogP contribution in [0.3, 0.4) is 0 Å². The molecule has 0 saturated carbocycles. The summed E-state index contributed by atoms with van der Waals surface area (Å²) in [6, 6.07) is 56.2. The Morgan fingerprint density at radius 2 is 0.284 bits per heavy atom. The van der Waals surface area contributed by atoms with Gasteiger partial charge in [0.25, 0.3) is 0 Å². The van der Waals surface area contributed by atoms with Crippen molar-refractivity contribution < 1.29 is 0 Å². The fourth-order valence-electron chi connectivity index (χ4n) is 12.5. The van der Waals surface area contributed by atoms with Crippen molar-refractivity contribution in [1.82, 2.24) is 0 Å². The Hall–Kier alpha value is -4.85. The molecule has 0 spiro atoms. The van der Waals surface area contributed by atoms with Crippen LogP contribution in [0.4, 0.5) is 0 Å². The van der Waals surface area contributed by atoms with E-state index < -0.39 is 12.3 Å². The van der Waals surface area contributed by atoms with Gasteiger partial charge in [-0.1, -0.05) is 235 Å². The van der Waals surface area contributed by atoms with Gasteiger partial charge in [0.05, 0.1) is 0 Å². The van der Waals surface area contributed by atoms with Crippen LogP contribution in [0.25, 0.3) is 0 Å². The van der Waals surface area contributed by atoms with Gasteiger partial charge in [-0.05, 0) is 111 Å². The average molecular weight is 903 g/mol. The number of benzene rings is 8. The molecule has 8 aromatic rings. The second-order valence-electron chi connectivity index (χ2n) is 20.6. The zero-order valence-electron chi connectivity index (χ0n) is 43.7. The van der Waals surface area contributed by atoms with Crippen molar-refractivity contribution in [3.63, 3.8) is 0 Å². The van der Waals surface area contributed by atoms with E-state index in [0.717, 1.165) is 0 Å². The van der Waals surface area contributed by atoms with Crippen molar-refractivity contribution in [2.45, 2.75) is 111 Å². The summed E-state index contributed by atoms with van der Waals surface area (Å²) in [6.07, 6.45) is -2.75. The van der Waals surface area contributed by atoms with E-state index in [9.17, 15) is 0 Å². The summed E-state index contributed by atoms with van der Waals surface area (Å²) in [7, 11) is 0. The van der Waals surface area contributed by atoms with Gasteiger partial charge in [0.15, 0.2) is 0 Å². The predicted molar refractivity (Wildman–Crippen MR) is 302 cm³/mol. The molecule has 0 bridgehead atoms. The molecule has 0 aliphatic heterocycles. The van der Waals surface area contributed by atoms with Gasteiger partial charge >= 0.3 is 37.7 Å². The minimum absolute atomic E-state index is 0. The van der Waals surface area contributed by atoms with Gasteiger partial charge in [-0.25, -0.2) is 0 Å². The Balaban J connectivity index is 0.000000218. The molecule has 0 N–H and O–H groups in total. The van der Waals surface area contributed by atoms with E-state index in [1.165, 1.54) is 133 Å². The van der Waals surface area contributed by atoms with E-state index in [1.807, 2.05) is 0 Å². The molecule has 336 valence electrons. The maximum Gasteiger partial charge on any atom is 2.00 e. The Bertz CT molecular complexity index is 2480. The zero-order chi connectivity index (χ0) is 47.8. The smallest absolute Gasteiger partial charge is 0.192 e. The molecule has 0 amide bonds. The molecule has 0 atom stereocenters. The van der Waals surface area contributed by atoms with Crippen LogP contribution >= 0.6 is 0 Å². The third-order valence-electron chi connectivity index (χ3n) is 15.1. The minimum Gasteiger partial charge on any atom is -0.192 e. The maximum atomic E-state index is 2.39. The average Bonchev–Trinajstić information content (AvgIpc) is 3.22. The summed E-state index contributed by atoms with van der Waals surface area (Å²) in [5.74, 6) is 0. The minimum atomic E-state index is -1.38. The predicted octanol–water partition coefficient (Wildman–Crippen LogP) is 10.7. The maximum absolute atomic E-state index is 2.39. The molecule has 0 fully saturated rings. The number of hydrogen-bond acceptors (Lipinski definition) is 0. The largest absolute Gasteiger partial charge is 2.00 e. The van der Waals surface area contributed by atoms with Crippen LogP contribution in [0.2, 0.25) is 0 Å². The molecule has 0 radical (unpaired) electrons. The molecule has 0 saturated heterocycles. The monoisotopic (exact) mass is 903 g/mol. The fraction of sp³-hybridized carbons (Fsp3) is 0.250. The molecule has 0 aliphatic carbocycles. The van der Waals surface area contributed by atoms with E-state index in [-0.39, 0.29) is 37.7 Å². The van der Waals surface area contributed by atoms with Crippen molar-refractivity contribution >= 4 is 93.7 Å². The fourth-order valence-corrected chi connectivity index (χ4v) is 12.5. The molecule has 0 unspecified atom stereocenters. The Morgan fingerprint density at radius 3 is 0.373 bits per heavy atom. The van der Waals surface area contributed by atoms with Crippen LogP contribution in [-0.4, -0.2) is 50.0 Å². The topological polar surface area (TPSA) is 0 Å². The molecule has 0 nitrogen and oxygen atoms in total. The molecule has 3 heteroatoms. The first-order chi connectivity index (χ1) is 31.3. The molecule has 67 heavy (non-hydrogen) atoms. The molecule has 8 rings (SSSR count). The Kier molecular flexibility index (Phi) is 16.0. The standard InChI is InChI=1S/2C32H36B.Ca/c2*1-21-9-13-29(25(5)17-21)33(30-14-10-22(2)18-26(30)6,31-15-11-23(3)19-27(31)7)32-16-12-24(4)20-28(32)8;/h2*9-20H,1-8H3;/q2*-1;+2. The van der Waals surface area contributed by atoms with Gasteiger partial charge in [0.2, 0.25) is 0 Å². The summed E-state index contributed by atoms with van der Waals surface area (Å²) < 4.78 is 0. The number of rotatable bonds is 8. The van der Waals surface area contributed by atoms with E-state index in [2.05, 4.69) is 256 Å². The van der Waals surface area contributed by atoms with Crippen LogP contribution in [-0.2, 0) is 0 Å². The second kappa shape index (κ2) is 20.8. The van der Waals surface area contributed by atoms with Crippen molar-refractivity contribution in [2.24, 2.45) is 0 Å². The molecule has 0 heterocycles.